The number of hydrogen-bond donors (Lipinski definition) is 2. The molecule has 0 bridgehead atoms. The van der Waals surface area contributed by atoms with Crippen molar-refractivity contribution in [3.8, 4) is 6.07 Å². The SMILES string of the molecule is CC(C#N)(CCC(=O)OCCO)C(=S)Nc1ccccc1. The molecule has 112 valence electrons. The van der Waals surface area contributed by atoms with Gasteiger partial charge in [-0.2, -0.15) is 5.26 Å². The van der Waals surface area contributed by atoms with Gasteiger partial charge in [0, 0.05) is 12.1 Å². The maximum atomic E-state index is 11.4. The van der Waals surface area contributed by atoms with E-state index in [4.69, 9.17) is 22.1 Å². The number of nitrogens with one attached hydrogen (secondary N) is 1. The first kappa shape index (κ1) is 17.1. The van der Waals surface area contributed by atoms with Crippen LogP contribution in [0.15, 0.2) is 30.3 Å². The number of aliphatic hydroxyl groups excluding tert-OH is 1. The van der Waals surface area contributed by atoms with Crippen LogP contribution in [0.3, 0.4) is 0 Å². The van der Waals surface area contributed by atoms with Crippen molar-refractivity contribution < 1.29 is 14.6 Å². The fraction of sp³-hybridized carbons (Fsp3) is 0.400. The summed E-state index contributed by atoms with van der Waals surface area (Å²) >= 11 is 5.28. The highest BCUT2D eigenvalue weighted by atomic mass is 32.1. The van der Waals surface area contributed by atoms with Crippen LogP contribution in [0.25, 0.3) is 0 Å². The quantitative estimate of drug-likeness (QED) is 0.594. The lowest BCUT2D eigenvalue weighted by molar-refractivity contribution is -0.144. The predicted molar refractivity (Wildman–Crippen MR) is 83.7 cm³/mol. The van der Waals surface area contributed by atoms with Gasteiger partial charge in [-0.15, -0.1) is 0 Å². The fourth-order valence-corrected chi connectivity index (χ4v) is 1.86. The number of esters is 1. The first-order valence-electron chi connectivity index (χ1n) is 6.56. The van der Waals surface area contributed by atoms with Crippen LogP contribution in [-0.4, -0.2) is 29.3 Å². The van der Waals surface area contributed by atoms with Gasteiger partial charge in [0.1, 0.15) is 12.0 Å². The number of carbonyl (C=O) groups excluding carboxylic acids is 1. The maximum Gasteiger partial charge on any atom is 0.305 e. The summed E-state index contributed by atoms with van der Waals surface area (Å²) in [5.74, 6) is -0.451. The van der Waals surface area contributed by atoms with Crippen molar-refractivity contribution >= 4 is 28.9 Å². The molecule has 1 aromatic carbocycles. The Balaban J connectivity index is 2.60. The number of rotatable bonds is 7. The largest absolute Gasteiger partial charge is 0.463 e. The maximum absolute atomic E-state index is 11.4. The van der Waals surface area contributed by atoms with Gasteiger partial charge >= 0.3 is 5.97 Å². The molecular weight excluding hydrogens is 288 g/mol. The van der Waals surface area contributed by atoms with E-state index in [-0.39, 0.29) is 26.1 Å². The number of nitriles is 1. The summed E-state index contributed by atoms with van der Waals surface area (Å²) in [5, 5.41) is 21.0. The number of carbonyl (C=O) groups is 1. The molecule has 0 aliphatic heterocycles. The van der Waals surface area contributed by atoms with Gasteiger partial charge in [-0.05, 0) is 25.5 Å². The standard InChI is InChI=1S/C15H18N2O3S/c1-15(11-16,8-7-13(19)20-10-9-18)14(21)17-12-5-3-2-4-6-12/h2-6,18H,7-10H2,1H3,(H,17,21). The van der Waals surface area contributed by atoms with E-state index in [1.165, 1.54) is 0 Å². The fourth-order valence-electron chi connectivity index (χ4n) is 1.59. The van der Waals surface area contributed by atoms with Crippen molar-refractivity contribution in [3.63, 3.8) is 0 Å². The smallest absolute Gasteiger partial charge is 0.305 e. The Bertz CT molecular complexity index is 527. The Morgan fingerprint density at radius 2 is 2.14 bits per heavy atom. The normalized spacial score (nSPS) is 12.8. The molecule has 0 spiro atoms. The van der Waals surface area contributed by atoms with Crippen molar-refractivity contribution in [1.82, 2.24) is 0 Å². The average molecular weight is 306 g/mol. The molecule has 0 saturated carbocycles. The molecule has 2 N–H and O–H groups in total. The zero-order valence-electron chi connectivity index (χ0n) is 11.8. The van der Waals surface area contributed by atoms with Gasteiger partial charge in [-0.1, -0.05) is 30.4 Å². The van der Waals surface area contributed by atoms with E-state index in [2.05, 4.69) is 11.4 Å². The van der Waals surface area contributed by atoms with Gasteiger partial charge in [0.05, 0.1) is 17.7 Å². The number of thiocarbonyl (C=S) groups is 1. The molecule has 6 heteroatoms. The van der Waals surface area contributed by atoms with E-state index in [1.807, 2.05) is 30.3 Å². The van der Waals surface area contributed by atoms with Crippen LogP contribution in [0.4, 0.5) is 5.69 Å². The average Bonchev–Trinajstić information content (AvgIpc) is 2.51. The van der Waals surface area contributed by atoms with Crippen molar-refractivity contribution in [2.45, 2.75) is 19.8 Å². The first-order chi connectivity index (χ1) is 10.0. The highest BCUT2D eigenvalue weighted by molar-refractivity contribution is 7.80. The van der Waals surface area contributed by atoms with Crippen LogP contribution in [0.2, 0.25) is 0 Å². The molecule has 21 heavy (non-hydrogen) atoms. The Labute approximate surface area is 129 Å². The number of para-hydroxylation sites is 1. The number of benzene rings is 1. The number of nitrogens with zero attached hydrogens (tertiary/aromatic N) is 1. The summed E-state index contributed by atoms with van der Waals surface area (Å²) < 4.78 is 4.77. The van der Waals surface area contributed by atoms with Crippen molar-refractivity contribution in [1.29, 1.82) is 5.26 Å². The van der Waals surface area contributed by atoms with Gasteiger partial charge in [0.2, 0.25) is 0 Å². The van der Waals surface area contributed by atoms with Gasteiger partial charge in [0.25, 0.3) is 0 Å². The summed E-state index contributed by atoms with van der Waals surface area (Å²) in [6, 6.07) is 11.5. The third-order valence-electron chi connectivity index (χ3n) is 2.96. The summed E-state index contributed by atoms with van der Waals surface area (Å²) in [4.78, 5) is 11.8. The number of hydrogen-bond acceptors (Lipinski definition) is 5. The van der Waals surface area contributed by atoms with Gasteiger partial charge < -0.3 is 15.2 Å². The predicted octanol–water partition coefficient (Wildman–Crippen LogP) is 2.27. The number of ether oxygens (including phenoxy) is 1. The minimum Gasteiger partial charge on any atom is -0.463 e. The van der Waals surface area contributed by atoms with E-state index in [1.54, 1.807) is 6.92 Å². The summed E-state index contributed by atoms with van der Waals surface area (Å²) in [5.41, 5.74) is -0.157. The molecule has 0 aliphatic carbocycles. The second-order valence-corrected chi connectivity index (χ2v) is 5.12. The summed E-state index contributed by atoms with van der Waals surface area (Å²) in [6.07, 6.45) is 0.326. The van der Waals surface area contributed by atoms with Gasteiger partial charge in [-0.25, -0.2) is 0 Å². The molecule has 0 saturated heterocycles. The Hall–Kier alpha value is -1.97. The molecule has 0 aliphatic rings. The molecule has 5 nitrogen and oxygen atoms in total. The lowest BCUT2D eigenvalue weighted by Crippen LogP contribution is -2.31. The minimum atomic E-state index is -0.955. The van der Waals surface area contributed by atoms with Crippen LogP contribution in [0, 0.1) is 16.7 Å². The van der Waals surface area contributed by atoms with Gasteiger partial charge in [0.15, 0.2) is 0 Å². The molecule has 0 fully saturated rings. The molecular formula is C15H18N2O3S. The molecule has 0 amide bonds. The molecule has 1 atom stereocenters. The zero-order valence-corrected chi connectivity index (χ0v) is 12.7. The summed E-state index contributed by atoms with van der Waals surface area (Å²) in [6.45, 7) is 1.44. The molecule has 0 radical (unpaired) electrons. The van der Waals surface area contributed by atoms with E-state index < -0.39 is 11.4 Å². The molecule has 1 aromatic rings. The lowest BCUT2D eigenvalue weighted by atomic mass is 9.86. The van der Waals surface area contributed by atoms with E-state index >= 15 is 0 Å². The van der Waals surface area contributed by atoms with Crippen LogP contribution >= 0.6 is 12.2 Å². The van der Waals surface area contributed by atoms with Gasteiger partial charge in [-0.3, -0.25) is 4.79 Å². The van der Waals surface area contributed by atoms with Crippen molar-refractivity contribution in [2.24, 2.45) is 5.41 Å². The van der Waals surface area contributed by atoms with E-state index in [0.717, 1.165) is 5.69 Å². The monoisotopic (exact) mass is 306 g/mol. The third kappa shape index (κ3) is 5.50. The topological polar surface area (TPSA) is 82.4 Å². The van der Waals surface area contributed by atoms with Crippen LogP contribution in [-0.2, 0) is 9.53 Å². The highest BCUT2D eigenvalue weighted by Gasteiger charge is 2.30. The zero-order chi connectivity index (χ0) is 15.7. The Morgan fingerprint density at radius 3 is 2.71 bits per heavy atom. The van der Waals surface area contributed by atoms with Crippen LogP contribution in [0.1, 0.15) is 19.8 Å². The highest BCUT2D eigenvalue weighted by Crippen LogP contribution is 2.26. The Kier molecular flexibility index (Phi) is 6.79. The van der Waals surface area contributed by atoms with Crippen LogP contribution in [0.5, 0.6) is 0 Å². The molecule has 0 heterocycles. The second-order valence-electron chi connectivity index (χ2n) is 4.71. The minimum absolute atomic E-state index is 0.0329. The first-order valence-corrected chi connectivity index (χ1v) is 6.97. The number of anilines is 1. The molecule has 1 rings (SSSR count). The molecule has 1 unspecified atom stereocenters. The number of aliphatic hydroxyl groups is 1. The van der Waals surface area contributed by atoms with Crippen LogP contribution < -0.4 is 5.32 Å². The molecule has 0 aromatic heterocycles. The third-order valence-corrected chi connectivity index (χ3v) is 3.52. The van der Waals surface area contributed by atoms with Crippen molar-refractivity contribution in [3.05, 3.63) is 30.3 Å². The lowest BCUT2D eigenvalue weighted by Gasteiger charge is -2.23. The van der Waals surface area contributed by atoms with Crippen molar-refractivity contribution in [2.75, 3.05) is 18.5 Å². The summed E-state index contributed by atoms with van der Waals surface area (Å²) in [7, 11) is 0. The van der Waals surface area contributed by atoms with E-state index in [0.29, 0.717) is 4.99 Å². The Morgan fingerprint density at radius 1 is 1.48 bits per heavy atom. The second kappa shape index (κ2) is 8.35. The van der Waals surface area contributed by atoms with E-state index in [9.17, 15) is 10.1 Å².